The Labute approximate surface area is 141 Å². The molecule has 1 aliphatic rings. The predicted molar refractivity (Wildman–Crippen MR) is 93.8 cm³/mol. The third-order valence-electron chi connectivity index (χ3n) is 4.93. The Morgan fingerprint density at radius 1 is 1.17 bits per heavy atom. The lowest BCUT2D eigenvalue weighted by molar-refractivity contribution is 0.0677. The maximum absolute atomic E-state index is 12.7. The Hall–Kier alpha value is -2.43. The van der Waals surface area contributed by atoms with Crippen LogP contribution in [-0.4, -0.2) is 33.9 Å². The molecule has 2 heterocycles. The minimum Gasteiger partial charge on any atom is -0.339 e. The monoisotopic (exact) mass is 325 g/mol. The SMILES string of the molecule is CC1CCC(N(C)C(=O)c2ccc(-c3ccccn3)[nH]c2=O)CC1. The Bertz CT molecular complexity index is 762. The largest absolute Gasteiger partial charge is 0.339 e. The van der Waals surface area contributed by atoms with Gasteiger partial charge in [0.25, 0.3) is 11.5 Å². The van der Waals surface area contributed by atoms with Crippen LogP contribution >= 0.6 is 0 Å². The minimum absolute atomic E-state index is 0.191. The molecule has 2 aromatic heterocycles. The standard InChI is InChI=1S/C19H23N3O2/c1-13-6-8-14(9-7-13)22(2)19(24)15-10-11-17(21-18(15)23)16-5-3-4-12-20-16/h3-5,10-14H,6-9H2,1-2H3,(H,21,23). The highest BCUT2D eigenvalue weighted by Crippen LogP contribution is 2.27. The first-order chi connectivity index (χ1) is 11.6. The third-order valence-corrected chi connectivity index (χ3v) is 4.93. The van der Waals surface area contributed by atoms with Crippen LogP contribution in [0.25, 0.3) is 11.4 Å². The highest BCUT2D eigenvalue weighted by molar-refractivity contribution is 5.94. The summed E-state index contributed by atoms with van der Waals surface area (Å²) in [5, 5.41) is 0. The van der Waals surface area contributed by atoms with Crippen LogP contribution < -0.4 is 5.56 Å². The van der Waals surface area contributed by atoms with E-state index in [0.717, 1.165) is 31.6 Å². The number of hydrogen-bond donors (Lipinski definition) is 1. The third kappa shape index (κ3) is 3.40. The summed E-state index contributed by atoms with van der Waals surface area (Å²) in [6.07, 6.45) is 5.96. The van der Waals surface area contributed by atoms with Gasteiger partial charge in [-0.2, -0.15) is 0 Å². The maximum Gasteiger partial charge on any atom is 0.261 e. The van der Waals surface area contributed by atoms with E-state index in [1.165, 1.54) is 0 Å². The molecule has 1 aliphatic carbocycles. The van der Waals surface area contributed by atoms with E-state index in [1.807, 2.05) is 18.2 Å². The van der Waals surface area contributed by atoms with Gasteiger partial charge in [0, 0.05) is 19.3 Å². The fourth-order valence-electron chi connectivity index (χ4n) is 3.30. The topological polar surface area (TPSA) is 66.1 Å². The smallest absolute Gasteiger partial charge is 0.261 e. The van der Waals surface area contributed by atoms with Crippen molar-refractivity contribution >= 4 is 5.91 Å². The van der Waals surface area contributed by atoms with E-state index < -0.39 is 0 Å². The zero-order chi connectivity index (χ0) is 17.1. The van der Waals surface area contributed by atoms with Crippen LogP contribution in [0.3, 0.4) is 0 Å². The molecule has 0 spiro atoms. The van der Waals surface area contributed by atoms with Crippen LogP contribution in [0.15, 0.2) is 41.3 Å². The molecular weight excluding hydrogens is 302 g/mol. The molecule has 0 saturated heterocycles. The average molecular weight is 325 g/mol. The molecule has 1 N–H and O–H groups in total. The zero-order valence-electron chi connectivity index (χ0n) is 14.2. The second-order valence-corrected chi connectivity index (χ2v) is 6.66. The van der Waals surface area contributed by atoms with Crippen molar-refractivity contribution in [1.29, 1.82) is 0 Å². The predicted octanol–water partition coefficient (Wildman–Crippen LogP) is 3.09. The Morgan fingerprint density at radius 2 is 1.92 bits per heavy atom. The molecule has 0 aliphatic heterocycles. The van der Waals surface area contributed by atoms with E-state index in [2.05, 4.69) is 16.9 Å². The van der Waals surface area contributed by atoms with Crippen molar-refractivity contribution in [3.8, 4) is 11.4 Å². The van der Waals surface area contributed by atoms with Gasteiger partial charge >= 0.3 is 0 Å². The number of rotatable bonds is 3. The first kappa shape index (κ1) is 16.4. The molecule has 5 nitrogen and oxygen atoms in total. The van der Waals surface area contributed by atoms with E-state index in [4.69, 9.17) is 0 Å². The average Bonchev–Trinajstić information content (AvgIpc) is 2.62. The molecule has 24 heavy (non-hydrogen) atoms. The maximum atomic E-state index is 12.7. The summed E-state index contributed by atoms with van der Waals surface area (Å²) in [5.74, 6) is 0.522. The Balaban J connectivity index is 1.79. The highest BCUT2D eigenvalue weighted by Gasteiger charge is 2.26. The molecular formula is C19H23N3O2. The number of nitrogens with one attached hydrogen (secondary N) is 1. The first-order valence-corrected chi connectivity index (χ1v) is 8.48. The molecule has 3 rings (SSSR count). The summed E-state index contributed by atoms with van der Waals surface area (Å²) in [6, 6.07) is 9.07. The number of pyridine rings is 2. The van der Waals surface area contributed by atoms with Gasteiger partial charge in [-0.1, -0.05) is 13.0 Å². The van der Waals surface area contributed by atoms with Crippen LogP contribution in [-0.2, 0) is 0 Å². The molecule has 1 fully saturated rings. The van der Waals surface area contributed by atoms with Gasteiger partial charge in [0.1, 0.15) is 5.56 Å². The normalized spacial score (nSPS) is 20.6. The van der Waals surface area contributed by atoms with E-state index in [9.17, 15) is 9.59 Å². The van der Waals surface area contributed by atoms with E-state index in [1.54, 1.807) is 30.3 Å². The second kappa shape index (κ2) is 6.99. The minimum atomic E-state index is -0.362. The van der Waals surface area contributed by atoms with Gasteiger partial charge in [-0.15, -0.1) is 0 Å². The Kier molecular flexibility index (Phi) is 4.79. The van der Waals surface area contributed by atoms with Crippen LogP contribution in [0.5, 0.6) is 0 Å². The quantitative estimate of drug-likeness (QED) is 0.943. The fourth-order valence-corrected chi connectivity index (χ4v) is 3.30. The van der Waals surface area contributed by atoms with E-state index in [-0.39, 0.29) is 23.1 Å². The molecule has 0 atom stereocenters. The van der Waals surface area contributed by atoms with Crippen molar-refractivity contribution in [2.24, 2.45) is 5.92 Å². The summed E-state index contributed by atoms with van der Waals surface area (Å²) in [7, 11) is 1.80. The number of aromatic amines is 1. The van der Waals surface area contributed by atoms with Gasteiger partial charge in [-0.05, 0) is 55.9 Å². The van der Waals surface area contributed by atoms with Crippen LogP contribution in [0.2, 0.25) is 0 Å². The molecule has 0 bridgehead atoms. The lowest BCUT2D eigenvalue weighted by Gasteiger charge is -2.33. The van der Waals surface area contributed by atoms with Gasteiger partial charge in [0.2, 0.25) is 0 Å². The van der Waals surface area contributed by atoms with Gasteiger partial charge in [0.05, 0.1) is 11.4 Å². The summed E-state index contributed by atoms with van der Waals surface area (Å²) in [5.41, 5.74) is 1.13. The summed E-state index contributed by atoms with van der Waals surface area (Å²) < 4.78 is 0. The molecule has 0 radical (unpaired) electrons. The summed E-state index contributed by atoms with van der Waals surface area (Å²) >= 11 is 0. The number of hydrogen-bond acceptors (Lipinski definition) is 3. The number of nitrogens with zero attached hydrogens (tertiary/aromatic N) is 2. The zero-order valence-corrected chi connectivity index (χ0v) is 14.2. The number of amides is 1. The number of carbonyl (C=O) groups excluding carboxylic acids is 1. The molecule has 1 saturated carbocycles. The molecule has 2 aromatic rings. The van der Waals surface area contributed by atoms with Crippen molar-refractivity contribution in [2.45, 2.75) is 38.6 Å². The molecule has 126 valence electrons. The van der Waals surface area contributed by atoms with Crippen LogP contribution in [0.4, 0.5) is 0 Å². The molecule has 1 amide bonds. The Morgan fingerprint density at radius 3 is 2.54 bits per heavy atom. The number of aromatic nitrogens is 2. The van der Waals surface area contributed by atoms with Crippen LogP contribution in [0, 0.1) is 5.92 Å². The summed E-state index contributed by atoms with van der Waals surface area (Å²) in [4.78, 5) is 33.8. The van der Waals surface area contributed by atoms with E-state index in [0.29, 0.717) is 11.4 Å². The van der Waals surface area contributed by atoms with Crippen molar-refractivity contribution in [2.75, 3.05) is 7.05 Å². The molecule has 5 heteroatoms. The number of H-pyrrole nitrogens is 1. The van der Waals surface area contributed by atoms with E-state index >= 15 is 0 Å². The second-order valence-electron chi connectivity index (χ2n) is 6.66. The van der Waals surface area contributed by atoms with Gasteiger partial charge in [0.15, 0.2) is 0 Å². The number of carbonyl (C=O) groups is 1. The van der Waals surface area contributed by atoms with Crippen molar-refractivity contribution in [3.05, 3.63) is 52.4 Å². The molecule has 0 aromatic carbocycles. The first-order valence-electron chi connectivity index (χ1n) is 8.48. The lowest BCUT2D eigenvalue weighted by Crippen LogP contribution is -2.41. The summed E-state index contributed by atoms with van der Waals surface area (Å²) in [6.45, 7) is 2.25. The van der Waals surface area contributed by atoms with Crippen molar-refractivity contribution in [1.82, 2.24) is 14.9 Å². The van der Waals surface area contributed by atoms with Crippen molar-refractivity contribution in [3.63, 3.8) is 0 Å². The lowest BCUT2D eigenvalue weighted by atomic mass is 9.86. The highest BCUT2D eigenvalue weighted by atomic mass is 16.2. The van der Waals surface area contributed by atoms with Gasteiger partial charge in [-0.3, -0.25) is 14.6 Å². The van der Waals surface area contributed by atoms with Gasteiger partial charge < -0.3 is 9.88 Å². The van der Waals surface area contributed by atoms with Crippen molar-refractivity contribution < 1.29 is 4.79 Å². The van der Waals surface area contributed by atoms with Gasteiger partial charge in [-0.25, -0.2) is 0 Å². The van der Waals surface area contributed by atoms with Crippen LogP contribution in [0.1, 0.15) is 43.0 Å². The fraction of sp³-hybridized carbons (Fsp3) is 0.421. The molecule has 0 unspecified atom stereocenters.